The molecule has 0 bridgehead atoms. The lowest BCUT2D eigenvalue weighted by molar-refractivity contribution is 1.64. The topological polar surface area (TPSA) is 0 Å². The number of benzene rings is 9. The average Bonchev–Trinajstić information content (AvgIpc) is 3.45. The molecule has 11 aromatic carbocycles. The molecule has 0 N–H and O–H groups in total. The molecule has 0 saturated heterocycles. The Bertz CT molecular complexity index is 2980. The number of rotatable bonds is 4. The summed E-state index contributed by atoms with van der Waals surface area (Å²) in [7, 11) is 0. The van der Waals surface area contributed by atoms with Crippen LogP contribution >= 0.6 is 0 Å². The lowest BCUT2D eigenvalue weighted by Crippen LogP contribution is -1.88. The van der Waals surface area contributed by atoms with E-state index in [0.29, 0.717) is 0 Å². The Kier molecular flexibility index (Phi) is 6.97. The van der Waals surface area contributed by atoms with Crippen molar-refractivity contribution in [1.29, 1.82) is 0 Å². The third-order valence-corrected chi connectivity index (χ3v) is 11.4. The van der Waals surface area contributed by atoms with Crippen molar-refractivity contribution >= 4 is 64.6 Å². The monoisotopic (exact) mass is 682 g/mol. The summed E-state index contributed by atoms with van der Waals surface area (Å²) in [5.74, 6) is 0. The highest BCUT2D eigenvalue weighted by molar-refractivity contribution is 6.32. The van der Waals surface area contributed by atoms with Crippen LogP contribution < -0.4 is 0 Å². The molecule has 0 nitrogen and oxygen atoms in total. The lowest BCUT2D eigenvalue weighted by atomic mass is 9.88. The van der Waals surface area contributed by atoms with Crippen molar-refractivity contribution in [3.8, 4) is 44.5 Å². The van der Waals surface area contributed by atoms with Gasteiger partial charge in [0.25, 0.3) is 0 Å². The van der Waals surface area contributed by atoms with Crippen LogP contribution in [0, 0.1) is 0 Å². The van der Waals surface area contributed by atoms with Crippen LogP contribution in [0.2, 0.25) is 0 Å². The zero-order valence-corrected chi connectivity index (χ0v) is 29.6. The van der Waals surface area contributed by atoms with Crippen LogP contribution in [-0.2, 0) is 0 Å². The third-order valence-electron chi connectivity index (χ3n) is 11.4. The summed E-state index contributed by atoms with van der Waals surface area (Å²) in [5, 5.41) is 15.1. The first kappa shape index (κ1) is 30.6. The van der Waals surface area contributed by atoms with Gasteiger partial charge in [-0.25, -0.2) is 0 Å². The van der Waals surface area contributed by atoms with Gasteiger partial charge < -0.3 is 0 Å². The molecule has 0 aliphatic heterocycles. The predicted molar refractivity (Wildman–Crippen MR) is 233 cm³/mol. The molecule has 54 heavy (non-hydrogen) atoms. The van der Waals surface area contributed by atoms with Crippen molar-refractivity contribution in [2.24, 2.45) is 0 Å². The van der Waals surface area contributed by atoms with Gasteiger partial charge in [-0.05, 0) is 121 Å². The fraction of sp³-hybridized carbons (Fsp3) is 0. The molecular formula is C54H34. The van der Waals surface area contributed by atoms with E-state index in [-0.39, 0.29) is 0 Å². The highest BCUT2D eigenvalue weighted by Gasteiger charge is 2.22. The minimum absolute atomic E-state index is 1.21. The average molecular weight is 683 g/mol. The molecular weight excluding hydrogens is 649 g/mol. The summed E-state index contributed by atoms with van der Waals surface area (Å²) in [4.78, 5) is 0. The minimum Gasteiger partial charge on any atom is -0.0622 e. The molecule has 0 fully saturated rings. The molecule has 0 heteroatoms. The van der Waals surface area contributed by atoms with Crippen LogP contribution in [0.1, 0.15) is 0 Å². The van der Waals surface area contributed by atoms with Gasteiger partial charge in [-0.15, -0.1) is 0 Å². The van der Waals surface area contributed by atoms with Gasteiger partial charge in [0.2, 0.25) is 0 Å². The van der Waals surface area contributed by atoms with E-state index >= 15 is 0 Å². The van der Waals surface area contributed by atoms with Crippen molar-refractivity contribution in [2.75, 3.05) is 0 Å². The molecule has 0 aliphatic carbocycles. The van der Waals surface area contributed by atoms with Crippen LogP contribution in [0.4, 0.5) is 0 Å². The van der Waals surface area contributed by atoms with Crippen molar-refractivity contribution in [3.05, 3.63) is 206 Å². The van der Waals surface area contributed by atoms with E-state index in [1.54, 1.807) is 0 Å². The van der Waals surface area contributed by atoms with Crippen LogP contribution in [0.5, 0.6) is 0 Å². The van der Waals surface area contributed by atoms with Gasteiger partial charge in [0.15, 0.2) is 0 Å². The Hall–Kier alpha value is -7.02. The van der Waals surface area contributed by atoms with E-state index in [0.717, 1.165) is 0 Å². The second-order valence-corrected chi connectivity index (χ2v) is 14.3. The molecule has 0 unspecified atom stereocenters. The summed E-state index contributed by atoms with van der Waals surface area (Å²) in [6.07, 6.45) is 0. The van der Waals surface area contributed by atoms with E-state index in [9.17, 15) is 0 Å². The van der Waals surface area contributed by atoms with Crippen LogP contribution in [0.15, 0.2) is 206 Å². The third kappa shape index (κ3) is 4.64. The maximum Gasteiger partial charge on any atom is -0.00201 e. The molecule has 0 saturated carbocycles. The van der Waals surface area contributed by atoms with Crippen LogP contribution in [0.25, 0.3) is 109 Å². The Labute approximate surface area is 314 Å². The Balaban J connectivity index is 1.50. The van der Waals surface area contributed by atoms with E-state index < -0.39 is 0 Å². The van der Waals surface area contributed by atoms with Gasteiger partial charge in [0.1, 0.15) is 0 Å². The van der Waals surface area contributed by atoms with Crippen molar-refractivity contribution < 1.29 is 0 Å². The quantitative estimate of drug-likeness (QED) is 0.173. The van der Waals surface area contributed by atoms with E-state index in [1.807, 2.05) is 0 Å². The first-order chi connectivity index (χ1) is 26.8. The number of hydrogen-bond donors (Lipinski definition) is 0. The predicted octanol–water partition coefficient (Wildman–Crippen LogP) is 15.3. The summed E-state index contributed by atoms with van der Waals surface area (Å²) < 4.78 is 0. The molecule has 0 aliphatic rings. The summed E-state index contributed by atoms with van der Waals surface area (Å²) in [5.41, 5.74) is 9.86. The molecule has 0 radical (unpaired) electrons. The summed E-state index contributed by atoms with van der Waals surface area (Å²) in [6.45, 7) is 0. The zero-order chi connectivity index (χ0) is 35.6. The SMILES string of the molecule is c1ccc(-c2c(-c3ccccc3)c3cccc4cccc(c5cc6c(-c7ccccc7)c(-c7ccccc7)c7cccc8cccc(c6cc25)c87)c43)cc1. The van der Waals surface area contributed by atoms with Gasteiger partial charge in [0, 0.05) is 0 Å². The van der Waals surface area contributed by atoms with Crippen molar-refractivity contribution in [1.82, 2.24) is 0 Å². The first-order valence-electron chi connectivity index (χ1n) is 18.8. The number of hydrogen-bond acceptors (Lipinski definition) is 0. The highest BCUT2D eigenvalue weighted by Crippen LogP contribution is 2.50. The fourth-order valence-electron chi connectivity index (χ4n) is 9.16. The molecule has 0 atom stereocenters. The van der Waals surface area contributed by atoms with Crippen LogP contribution in [0.3, 0.4) is 0 Å². The fourth-order valence-corrected chi connectivity index (χ4v) is 9.16. The summed E-state index contributed by atoms with van der Waals surface area (Å²) >= 11 is 0. The summed E-state index contributed by atoms with van der Waals surface area (Å²) in [6, 6.07) is 76.4. The molecule has 0 aromatic heterocycles. The lowest BCUT2D eigenvalue weighted by Gasteiger charge is -2.15. The second-order valence-electron chi connectivity index (χ2n) is 14.3. The second kappa shape index (κ2) is 12.3. The molecule has 11 rings (SSSR count). The van der Waals surface area contributed by atoms with Crippen molar-refractivity contribution in [3.63, 3.8) is 0 Å². The van der Waals surface area contributed by atoms with Gasteiger partial charge in [-0.2, -0.15) is 0 Å². The maximum atomic E-state index is 2.53. The minimum atomic E-state index is 1.21. The van der Waals surface area contributed by atoms with Crippen molar-refractivity contribution in [2.45, 2.75) is 0 Å². The molecule has 11 aromatic rings. The van der Waals surface area contributed by atoms with Gasteiger partial charge >= 0.3 is 0 Å². The van der Waals surface area contributed by atoms with Gasteiger partial charge in [0.05, 0.1) is 0 Å². The zero-order valence-electron chi connectivity index (χ0n) is 29.6. The largest absolute Gasteiger partial charge is 0.0622 e. The highest BCUT2D eigenvalue weighted by atomic mass is 14.2. The molecule has 0 spiro atoms. The first-order valence-corrected chi connectivity index (χ1v) is 18.8. The van der Waals surface area contributed by atoms with E-state index in [4.69, 9.17) is 0 Å². The Morgan fingerprint density at radius 2 is 0.463 bits per heavy atom. The normalized spacial score (nSPS) is 11.7. The van der Waals surface area contributed by atoms with Gasteiger partial charge in [-0.3, -0.25) is 0 Å². The Morgan fingerprint density at radius 1 is 0.185 bits per heavy atom. The van der Waals surface area contributed by atoms with Gasteiger partial charge in [-0.1, -0.05) is 194 Å². The molecule has 0 heterocycles. The standard InChI is InChI=1S/C54H34/c1-5-17-37(18-6-1)51-43-31-15-27-35-25-13-29-41(49(35)43)45-34-48-46(33-47(45)53(51)39-21-9-3-10-22-39)42-30-14-26-36-28-16-32-44(50(36)42)52(38-19-7-2-8-20-38)54(48)40-23-11-4-12-24-40/h1-34H. The maximum absolute atomic E-state index is 2.53. The van der Waals surface area contributed by atoms with E-state index in [1.165, 1.54) is 109 Å². The van der Waals surface area contributed by atoms with E-state index in [2.05, 4.69) is 206 Å². The number of fused-ring (bicyclic) bond motifs is 4. The molecule has 250 valence electrons. The smallest absolute Gasteiger partial charge is 0.00201 e. The Morgan fingerprint density at radius 3 is 0.778 bits per heavy atom. The van der Waals surface area contributed by atoms with Crippen LogP contribution in [-0.4, -0.2) is 0 Å². The molecule has 0 amide bonds.